The van der Waals surface area contributed by atoms with E-state index in [1.807, 2.05) is 73.3 Å². The monoisotopic (exact) mass is 806 g/mol. The molecule has 0 aliphatic heterocycles. The largest absolute Gasteiger partial charge is 0.456 e. The number of benzene rings is 6. The minimum Gasteiger partial charge on any atom is -0.456 e. The van der Waals surface area contributed by atoms with E-state index < -0.39 is 0 Å². The second-order valence-electron chi connectivity index (χ2n) is 15.9. The first-order chi connectivity index (χ1) is 31.2. The molecule has 0 saturated heterocycles. The van der Waals surface area contributed by atoms with Gasteiger partial charge in [-0.3, -0.25) is 19.9 Å². The number of pyridine rings is 4. The fraction of sp³-hybridized carbons (Fsp3) is 0. The average Bonchev–Trinajstić information content (AvgIpc) is 4.01. The van der Waals surface area contributed by atoms with Gasteiger partial charge in [0, 0.05) is 90.7 Å². The molecule has 13 rings (SSSR count). The van der Waals surface area contributed by atoms with Gasteiger partial charge in [0.2, 0.25) is 0 Å². The fourth-order valence-corrected chi connectivity index (χ4v) is 9.41. The topological polar surface area (TPSA) is 74.6 Å². The number of rotatable bonds is 6. The summed E-state index contributed by atoms with van der Waals surface area (Å²) < 4.78 is 11.3. The van der Waals surface area contributed by atoms with Gasteiger partial charge in [-0.15, -0.1) is 0 Å². The summed E-state index contributed by atoms with van der Waals surface area (Å²) in [5.74, 6) is 0. The molecule has 7 aromatic heterocycles. The molecule has 0 fully saturated rings. The van der Waals surface area contributed by atoms with E-state index in [0.717, 1.165) is 122 Å². The summed E-state index contributed by atoms with van der Waals surface area (Å²) in [7, 11) is 0. The first-order valence-electron chi connectivity index (χ1n) is 21.0. The van der Waals surface area contributed by atoms with Gasteiger partial charge in [-0.1, -0.05) is 48.5 Å². The van der Waals surface area contributed by atoms with Crippen LogP contribution >= 0.6 is 0 Å². The molecule has 7 heterocycles. The lowest BCUT2D eigenvalue weighted by Gasteiger charge is -2.10. The maximum Gasteiger partial charge on any atom is 0.135 e. The first kappa shape index (κ1) is 35.1. The lowest BCUT2D eigenvalue weighted by atomic mass is 10.0. The van der Waals surface area contributed by atoms with Crippen LogP contribution in [0.25, 0.3) is 122 Å². The predicted molar refractivity (Wildman–Crippen MR) is 255 cm³/mol. The Kier molecular flexibility index (Phi) is 7.77. The maximum absolute atomic E-state index is 6.56. The van der Waals surface area contributed by atoms with Gasteiger partial charge in [0.05, 0.1) is 44.8 Å². The number of hydrogen-bond acceptors (Lipinski definition) is 5. The second-order valence-corrected chi connectivity index (χ2v) is 15.9. The Balaban J connectivity index is 1.00. The highest BCUT2D eigenvalue weighted by Gasteiger charge is 2.19. The molecule has 0 N–H and O–H groups in total. The molecular formula is C56H34N6O. The molecule has 63 heavy (non-hydrogen) atoms. The molecule has 0 aliphatic carbocycles. The minimum atomic E-state index is 0.837. The lowest BCUT2D eigenvalue weighted by molar-refractivity contribution is 0.669. The van der Waals surface area contributed by atoms with Crippen molar-refractivity contribution in [3.63, 3.8) is 0 Å². The van der Waals surface area contributed by atoms with Gasteiger partial charge < -0.3 is 13.6 Å². The Labute approximate surface area is 360 Å². The number of nitrogens with zero attached hydrogens (tertiary/aromatic N) is 6. The minimum absolute atomic E-state index is 0.837. The van der Waals surface area contributed by atoms with Crippen LogP contribution in [0.15, 0.2) is 211 Å². The van der Waals surface area contributed by atoms with Crippen molar-refractivity contribution in [3.05, 3.63) is 207 Å². The second kappa shape index (κ2) is 13.9. The van der Waals surface area contributed by atoms with Crippen molar-refractivity contribution in [1.82, 2.24) is 29.1 Å². The van der Waals surface area contributed by atoms with Crippen molar-refractivity contribution >= 4 is 65.6 Å². The molecule has 7 heteroatoms. The van der Waals surface area contributed by atoms with Crippen molar-refractivity contribution in [2.24, 2.45) is 0 Å². The Morgan fingerprint density at radius 2 is 0.603 bits per heavy atom. The van der Waals surface area contributed by atoms with E-state index in [2.05, 4.69) is 163 Å². The first-order valence-corrected chi connectivity index (χ1v) is 21.0. The van der Waals surface area contributed by atoms with Gasteiger partial charge in [-0.2, -0.15) is 0 Å². The van der Waals surface area contributed by atoms with Crippen LogP contribution in [-0.4, -0.2) is 29.1 Å². The van der Waals surface area contributed by atoms with Crippen LogP contribution in [0.3, 0.4) is 0 Å². The van der Waals surface area contributed by atoms with Crippen LogP contribution in [0.2, 0.25) is 0 Å². The van der Waals surface area contributed by atoms with E-state index in [4.69, 9.17) is 4.42 Å². The maximum atomic E-state index is 6.56. The van der Waals surface area contributed by atoms with E-state index in [9.17, 15) is 0 Å². The van der Waals surface area contributed by atoms with E-state index >= 15 is 0 Å². The van der Waals surface area contributed by atoms with E-state index in [1.54, 1.807) is 0 Å². The molecule has 0 aliphatic rings. The molecule has 7 nitrogen and oxygen atoms in total. The number of fused-ring (bicyclic) bond motifs is 9. The highest BCUT2D eigenvalue weighted by Crippen LogP contribution is 2.41. The SMILES string of the molecule is c1ccc(-c2ccc3c(c2)c2cc(-c4ccccn4)ccc2n3-c2ccc3oc4ccc(-n5c6ccc(-c7ccccn7)cc6c6cc(-c7ccccn7)ccc65)cc4c3c2)nc1. The third kappa shape index (κ3) is 5.67. The van der Waals surface area contributed by atoms with Gasteiger partial charge in [0.25, 0.3) is 0 Å². The molecule has 13 aromatic rings. The van der Waals surface area contributed by atoms with Gasteiger partial charge in [-0.05, 0) is 133 Å². The third-order valence-corrected chi connectivity index (χ3v) is 12.3. The smallest absolute Gasteiger partial charge is 0.135 e. The summed E-state index contributed by atoms with van der Waals surface area (Å²) >= 11 is 0. The summed E-state index contributed by atoms with van der Waals surface area (Å²) in [6, 6.07) is 63.9. The van der Waals surface area contributed by atoms with Gasteiger partial charge in [0.1, 0.15) is 11.2 Å². The summed E-state index contributed by atoms with van der Waals surface area (Å²) in [6.07, 6.45) is 7.38. The summed E-state index contributed by atoms with van der Waals surface area (Å²) in [4.78, 5) is 18.7. The highest BCUT2D eigenvalue weighted by molar-refractivity contribution is 6.14. The van der Waals surface area contributed by atoms with Crippen molar-refractivity contribution in [2.75, 3.05) is 0 Å². The molecule has 294 valence electrons. The molecular weight excluding hydrogens is 773 g/mol. The fourth-order valence-electron chi connectivity index (χ4n) is 9.41. The van der Waals surface area contributed by atoms with Gasteiger partial charge in [0.15, 0.2) is 0 Å². The molecule has 0 unspecified atom stereocenters. The zero-order chi connectivity index (χ0) is 41.4. The van der Waals surface area contributed by atoms with Crippen LogP contribution in [0.4, 0.5) is 0 Å². The molecule has 0 saturated carbocycles. The number of furan rings is 1. The third-order valence-electron chi connectivity index (χ3n) is 12.3. The van der Waals surface area contributed by atoms with Crippen molar-refractivity contribution < 1.29 is 4.42 Å². The zero-order valence-corrected chi connectivity index (χ0v) is 33.7. The Morgan fingerprint density at radius 1 is 0.286 bits per heavy atom. The summed E-state index contributed by atoms with van der Waals surface area (Å²) in [5, 5.41) is 6.68. The highest BCUT2D eigenvalue weighted by atomic mass is 16.3. The summed E-state index contributed by atoms with van der Waals surface area (Å²) in [5.41, 5.74) is 16.2. The lowest BCUT2D eigenvalue weighted by Crippen LogP contribution is -1.94. The van der Waals surface area contributed by atoms with Crippen molar-refractivity contribution in [2.45, 2.75) is 0 Å². The van der Waals surface area contributed by atoms with Crippen LogP contribution in [0.1, 0.15) is 0 Å². The Bertz CT molecular complexity index is 3440. The van der Waals surface area contributed by atoms with E-state index in [-0.39, 0.29) is 0 Å². The molecule has 0 radical (unpaired) electrons. The van der Waals surface area contributed by atoms with Gasteiger partial charge in [-0.25, -0.2) is 0 Å². The van der Waals surface area contributed by atoms with E-state index in [0.29, 0.717) is 0 Å². The van der Waals surface area contributed by atoms with Crippen LogP contribution in [0, 0.1) is 0 Å². The van der Waals surface area contributed by atoms with Gasteiger partial charge >= 0.3 is 0 Å². The standard InChI is InChI=1S/C56H34N6O/c1-5-25-57-47(9-1)35-13-19-51-41(29-35)42-30-36(48-10-2-6-26-58-48)14-20-52(42)61(51)39-17-23-55-45(33-39)46-34-40(18-24-56(46)63-55)62-53-21-15-37(49-11-3-7-27-59-49)31-43(53)44-32-38(16-22-54(44)62)50-12-4-8-28-60-50/h1-34H. The zero-order valence-electron chi connectivity index (χ0n) is 33.7. The normalized spacial score (nSPS) is 11.8. The average molecular weight is 807 g/mol. The van der Waals surface area contributed by atoms with Crippen molar-refractivity contribution in [3.8, 4) is 56.4 Å². The van der Waals surface area contributed by atoms with Crippen LogP contribution in [-0.2, 0) is 0 Å². The predicted octanol–water partition coefficient (Wildman–Crippen LogP) is 14.0. The van der Waals surface area contributed by atoms with E-state index in [1.165, 1.54) is 0 Å². The molecule has 6 aromatic carbocycles. The molecule has 0 spiro atoms. The summed E-state index contributed by atoms with van der Waals surface area (Å²) in [6.45, 7) is 0. The Hall–Kier alpha value is -8.68. The molecule has 0 bridgehead atoms. The molecule has 0 atom stereocenters. The van der Waals surface area contributed by atoms with Crippen LogP contribution in [0.5, 0.6) is 0 Å². The van der Waals surface area contributed by atoms with Crippen LogP contribution < -0.4 is 0 Å². The number of hydrogen-bond donors (Lipinski definition) is 0. The van der Waals surface area contributed by atoms with Crippen molar-refractivity contribution in [1.29, 1.82) is 0 Å². The molecule has 0 amide bonds. The Morgan fingerprint density at radius 3 is 0.889 bits per heavy atom. The quantitative estimate of drug-likeness (QED) is 0.167. The number of aromatic nitrogens is 6.